The number of para-hydroxylation sites is 1. The lowest BCUT2D eigenvalue weighted by Gasteiger charge is -2.27. The topological polar surface area (TPSA) is 61.0 Å². The minimum absolute atomic E-state index is 0.347. The molecule has 0 aliphatic carbocycles. The highest BCUT2D eigenvalue weighted by Gasteiger charge is 2.21. The van der Waals surface area contributed by atoms with Crippen molar-refractivity contribution in [1.82, 2.24) is 9.97 Å². The quantitative estimate of drug-likeness (QED) is 0.698. The second-order valence-electron chi connectivity index (χ2n) is 7.75. The molecule has 1 atom stereocenters. The molecule has 0 bridgehead atoms. The second-order valence-corrected chi connectivity index (χ2v) is 7.75. The summed E-state index contributed by atoms with van der Waals surface area (Å²) >= 11 is 0. The molecule has 1 aromatic carbocycles. The predicted molar refractivity (Wildman–Crippen MR) is 107 cm³/mol. The fraction of sp³-hybridized carbons (Fsp3) is 0.364. The molecule has 0 unspecified atom stereocenters. The first kappa shape index (κ1) is 18.3. The van der Waals surface area contributed by atoms with Crippen LogP contribution >= 0.6 is 0 Å². The number of aryl methyl sites for hydroxylation is 1. The molecule has 26 heavy (non-hydrogen) atoms. The third kappa shape index (κ3) is 4.20. The highest BCUT2D eigenvalue weighted by molar-refractivity contribution is 5.93. The monoisotopic (exact) mass is 349 g/mol. The molecule has 136 valence electrons. The summed E-state index contributed by atoms with van der Waals surface area (Å²) in [6, 6.07) is 12.2. The molecule has 0 spiro atoms. The van der Waals surface area contributed by atoms with E-state index in [4.69, 9.17) is 10.5 Å². The minimum atomic E-state index is -0.347. The van der Waals surface area contributed by atoms with Gasteiger partial charge in [0.1, 0.15) is 12.4 Å². The Kier molecular flexibility index (Phi) is 5.23. The molecule has 0 aliphatic rings. The lowest BCUT2D eigenvalue weighted by Crippen LogP contribution is -2.43. The van der Waals surface area contributed by atoms with Crippen molar-refractivity contribution in [2.75, 3.05) is 6.61 Å². The van der Waals surface area contributed by atoms with Gasteiger partial charge in [0, 0.05) is 22.7 Å². The van der Waals surface area contributed by atoms with E-state index < -0.39 is 0 Å². The molecule has 3 aromatic rings. The van der Waals surface area contributed by atoms with Gasteiger partial charge < -0.3 is 10.5 Å². The average molecular weight is 349 g/mol. The maximum atomic E-state index is 6.35. The number of hydrogen-bond donors (Lipinski definition) is 1. The predicted octanol–water partition coefficient (Wildman–Crippen LogP) is 4.75. The van der Waals surface area contributed by atoms with E-state index in [1.807, 2.05) is 44.3 Å². The standard InChI is InChI=1S/C22H27N3O/c1-15(2)12-22(4,23)14-26-21-13-25-20(11-16(21)3)18-9-10-24-19-8-6-5-7-17(18)19/h5-11,13,15H,12,14,23H2,1-4H3/t22-/m0/s1. The molecule has 2 heterocycles. The molecule has 0 radical (unpaired) electrons. The number of nitrogens with two attached hydrogens (primary N) is 1. The zero-order valence-corrected chi connectivity index (χ0v) is 16.0. The smallest absolute Gasteiger partial charge is 0.140 e. The van der Waals surface area contributed by atoms with Gasteiger partial charge in [-0.2, -0.15) is 0 Å². The van der Waals surface area contributed by atoms with Crippen molar-refractivity contribution in [2.24, 2.45) is 11.7 Å². The SMILES string of the molecule is Cc1cc(-c2ccnc3ccccc23)ncc1OC[C@@](C)(N)CC(C)C. The zero-order valence-electron chi connectivity index (χ0n) is 16.0. The minimum Gasteiger partial charge on any atom is -0.490 e. The largest absolute Gasteiger partial charge is 0.490 e. The van der Waals surface area contributed by atoms with E-state index in [0.29, 0.717) is 12.5 Å². The third-order valence-electron chi connectivity index (χ3n) is 4.42. The number of pyridine rings is 2. The van der Waals surface area contributed by atoms with Crippen LogP contribution in [-0.4, -0.2) is 22.1 Å². The Morgan fingerprint density at radius 3 is 2.65 bits per heavy atom. The number of hydrogen-bond acceptors (Lipinski definition) is 4. The number of aromatic nitrogens is 2. The summed E-state index contributed by atoms with van der Waals surface area (Å²) in [5.74, 6) is 1.32. The second kappa shape index (κ2) is 7.42. The van der Waals surface area contributed by atoms with Gasteiger partial charge in [-0.3, -0.25) is 9.97 Å². The van der Waals surface area contributed by atoms with Crippen molar-refractivity contribution in [3.05, 3.63) is 54.4 Å². The molecule has 4 heteroatoms. The van der Waals surface area contributed by atoms with Crippen LogP contribution in [0.1, 0.15) is 32.8 Å². The molecule has 0 saturated carbocycles. The van der Waals surface area contributed by atoms with E-state index >= 15 is 0 Å². The lowest BCUT2D eigenvalue weighted by molar-refractivity contribution is 0.205. The number of benzene rings is 1. The molecule has 2 aromatic heterocycles. The molecule has 0 aliphatic heterocycles. The maximum absolute atomic E-state index is 6.35. The van der Waals surface area contributed by atoms with Crippen LogP contribution in [0.5, 0.6) is 5.75 Å². The summed E-state index contributed by atoms with van der Waals surface area (Å²) in [7, 11) is 0. The highest BCUT2D eigenvalue weighted by atomic mass is 16.5. The molecule has 2 N–H and O–H groups in total. The van der Waals surface area contributed by atoms with Crippen LogP contribution < -0.4 is 10.5 Å². The van der Waals surface area contributed by atoms with Crippen LogP contribution in [0.15, 0.2) is 48.8 Å². The van der Waals surface area contributed by atoms with Gasteiger partial charge in [0.05, 0.1) is 17.4 Å². The summed E-state index contributed by atoms with van der Waals surface area (Å²) in [4.78, 5) is 9.05. The molecular formula is C22H27N3O. The summed E-state index contributed by atoms with van der Waals surface area (Å²) in [6.07, 6.45) is 4.54. The summed E-state index contributed by atoms with van der Waals surface area (Å²) < 4.78 is 5.98. The van der Waals surface area contributed by atoms with Gasteiger partial charge >= 0.3 is 0 Å². The molecule has 3 rings (SSSR count). The maximum Gasteiger partial charge on any atom is 0.140 e. The first-order valence-corrected chi connectivity index (χ1v) is 9.08. The average Bonchev–Trinajstić information content (AvgIpc) is 2.59. The van der Waals surface area contributed by atoms with E-state index in [1.54, 1.807) is 6.20 Å². The van der Waals surface area contributed by atoms with E-state index in [0.717, 1.165) is 39.9 Å². The van der Waals surface area contributed by atoms with E-state index in [-0.39, 0.29) is 5.54 Å². The fourth-order valence-electron chi connectivity index (χ4n) is 3.40. The van der Waals surface area contributed by atoms with Gasteiger partial charge in [-0.25, -0.2) is 0 Å². The Hall–Kier alpha value is -2.46. The number of ether oxygens (including phenoxy) is 1. The van der Waals surface area contributed by atoms with Crippen molar-refractivity contribution in [3.63, 3.8) is 0 Å². The van der Waals surface area contributed by atoms with Gasteiger partial charge in [0.15, 0.2) is 0 Å². The van der Waals surface area contributed by atoms with Gasteiger partial charge in [-0.05, 0) is 49.9 Å². The van der Waals surface area contributed by atoms with E-state index in [1.165, 1.54) is 0 Å². The Balaban J connectivity index is 1.84. The molecular weight excluding hydrogens is 322 g/mol. The van der Waals surface area contributed by atoms with Crippen LogP contribution in [-0.2, 0) is 0 Å². The first-order valence-electron chi connectivity index (χ1n) is 9.08. The number of rotatable bonds is 6. The normalized spacial score (nSPS) is 13.8. The Bertz CT molecular complexity index is 898. The summed E-state index contributed by atoms with van der Waals surface area (Å²) in [5, 5.41) is 1.10. The summed E-state index contributed by atoms with van der Waals surface area (Å²) in [6.45, 7) is 8.90. The van der Waals surface area contributed by atoms with Crippen molar-refractivity contribution in [2.45, 2.75) is 39.7 Å². The lowest BCUT2D eigenvalue weighted by atomic mass is 9.93. The van der Waals surface area contributed by atoms with Gasteiger partial charge in [-0.15, -0.1) is 0 Å². The molecule has 0 saturated heterocycles. The van der Waals surface area contributed by atoms with Crippen LogP contribution in [0.2, 0.25) is 0 Å². The van der Waals surface area contributed by atoms with Crippen molar-refractivity contribution in [3.8, 4) is 17.0 Å². The van der Waals surface area contributed by atoms with Crippen molar-refractivity contribution >= 4 is 10.9 Å². The number of fused-ring (bicyclic) bond motifs is 1. The van der Waals surface area contributed by atoms with Crippen LogP contribution in [0.3, 0.4) is 0 Å². The van der Waals surface area contributed by atoms with E-state index in [2.05, 4.69) is 35.9 Å². The summed E-state index contributed by atoms with van der Waals surface area (Å²) in [5.41, 5.74) is 10.0. The first-order chi connectivity index (χ1) is 12.4. The van der Waals surface area contributed by atoms with E-state index in [9.17, 15) is 0 Å². The Morgan fingerprint density at radius 2 is 1.92 bits per heavy atom. The van der Waals surface area contributed by atoms with Crippen LogP contribution in [0.4, 0.5) is 0 Å². The van der Waals surface area contributed by atoms with Gasteiger partial charge in [0.2, 0.25) is 0 Å². The van der Waals surface area contributed by atoms with Gasteiger partial charge in [0.25, 0.3) is 0 Å². The van der Waals surface area contributed by atoms with Gasteiger partial charge in [-0.1, -0.05) is 32.0 Å². The molecule has 0 fully saturated rings. The molecule has 4 nitrogen and oxygen atoms in total. The fourth-order valence-corrected chi connectivity index (χ4v) is 3.40. The highest BCUT2D eigenvalue weighted by Crippen LogP contribution is 2.29. The number of nitrogens with zero attached hydrogens (tertiary/aromatic N) is 2. The zero-order chi connectivity index (χ0) is 18.7. The van der Waals surface area contributed by atoms with Crippen LogP contribution in [0, 0.1) is 12.8 Å². The molecule has 0 amide bonds. The third-order valence-corrected chi connectivity index (χ3v) is 4.42. The Morgan fingerprint density at radius 1 is 1.15 bits per heavy atom. The van der Waals surface area contributed by atoms with Crippen molar-refractivity contribution < 1.29 is 4.74 Å². The van der Waals surface area contributed by atoms with Crippen molar-refractivity contribution in [1.29, 1.82) is 0 Å². The van der Waals surface area contributed by atoms with Crippen LogP contribution in [0.25, 0.3) is 22.2 Å². The Labute approximate surface area is 155 Å².